The maximum absolute atomic E-state index is 13.9. The number of hydrogen-bond acceptors (Lipinski definition) is 6. The number of carbonyl (C=O) groups excluding carboxylic acids is 1. The van der Waals surface area contributed by atoms with Gasteiger partial charge in [0.1, 0.15) is 5.56 Å². The number of benzene rings is 2. The van der Waals surface area contributed by atoms with Crippen molar-refractivity contribution in [2.45, 2.75) is 37.5 Å². The van der Waals surface area contributed by atoms with Gasteiger partial charge < -0.3 is 14.6 Å². The number of anilines is 1. The summed E-state index contributed by atoms with van der Waals surface area (Å²) in [7, 11) is -3.48. The Balaban J connectivity index is 1.77. The Kier molecular flexibility index (Phi) is 8.52. The van der Waals surface area contributed by atoms with E-state index in [4.69, 9.17) is 4.74 Å². The van der Waals surface area contributed by atoms with E-state index in [2.05, 4.69) is 9.88 Å². The SMILES string of the molecule is Cc1[nH]c(=O)c(C(=O)N(Cc2ccc(S(C)(=O)=O)cc2)c2cccc(C(F)(F)F)c2)cc1C(C)N1CCOCC1. The molecule has 12 heteroatoms. The van der Waals surface area contributed by atoms with Crippen LogP contribution in [-0.4, -0.2) is 56.8 Å². The van der Waals surface area contributed by atoms with Gasteiger partial charge in [-0.15, -0.1) is 0 Å². The number of nitrogens with one attached hydrogen (secondary N) is 1. The number of hydrogen-bond donors (Lipinski definition) is 1. The monoisotopic (exact) mass is 577 g/mol. The maximum Gasteiger partial charge on any atom is 0.416 e. The number of aryl methyl sites for hydroxylation is 1. The molecule has 2 aromatic carbocycles. The number of rotatable bonds is 7. The van der Waals surface area contributed by atoms with E-state index >= 15 is 0 Å². The Bertz CT molecular complexity index is 1550. The van der Waals surface area contributed by atoms with Crippen LogP contribution in [0, 0.1) is 6.92 Å². The van der Waals surface area contributed by atoms with Crippen molar-refractivity contribution in [3.63, 3.8) is 0 Å². The molecule has 4 rings (SSSR count). The zero-order chi connectivity index (χ0) is 29.2. The van der Waals surface area contributed by atoms with Gasteiger partial charge in [-0.1, -0.05) is 18.2 Å². The van der Waals surface area contributed by atoms with E-state index in [0.29, 0.717) is 43.1 Å². The summed E-state index contributed by atoms with van der Waals surface area (Å²) < 4.78 is 69.7. The molecule has 1 saturated heterocycles. The molecule has 0 radical (unpaired) electrons. The minimum Gasteiger partial charge on any atom is -0.379 e. The molecule has 1 atom stereocenters. The molecule has 8 nitrogen and oxygen atoms in total. The number of nitrogens with zero attached hydrogens (tertiary/aromatic N) is 2. The molecule has 1 amide bonds. The van der Waals surface area contributed by atoms with Crippen LogP contribution >= 0.6 is 0 Å². The van der Waals surface area contributed by atoms with Gasteiger partial charge in [0.15, 0.2) is 9.84 Å². The van der Waals surface area contributed by atoms with Crippen LogP contribution in [0.3, 0.4) is 0 Å². The van der Waals surface area contributed by atoms with E-state index in [-0.39, 0.29) is 28.7 Å². The lowest BCUT2D eigenvalue weighted by atomic mass is 10.0. The van der Waals surface area contributed by atoms with E-state index in [1.807, 2.05) is 6.92 Å². The maximum atomic E-state index is 13.9. The van der Waals surface area contributed by atoms with E-state index < -0.39 is 33.0 Å². The lowest BCUT2D eigenvalue weighted by molar-refractivity contribution is -0.137. The molecule has 0 saturated carbocycles. The molecule has 1 aliphatic rings. The van der Waals surface area contributed by atoms with E-state index in [1.54, 1.807) is 6.92 Å². The minimum absolute atomic E-state index is 0.0601. The largest absolute Gasteiger partial charge is 0.416 e. The second kappa shape index (κ2) is 11.6. The smallest absolute Gasteiger partial charge is 0.379 e. The van der Waals surface area contributed by atoms with Gasteiger partial charge in [-0.25, -0.2) is 8.42 Å². The van der Waals surface area contributed by atoms with Crippen LogP contribution in [0.4, 0.5) is 18.9 Å². The van der Waals surface area contributed by atoms with Crippen LogP contribution in [0.1, 0.15) is 45.7 Å². The van der Waals surface area contributed by atoms with Crippen LogP contribution in [0.15, 0.2) is 64.3 Å². The van der Waals surface area contributed by atoms with Crippen molar-refractivity contribution in [3.05, 3.63) is 92.9 Å². The Morgan fingerprint density at radius 1 is 1.10 bits per heavy atom. The molecule has 0 bridgehead atoms. The third-order valence-electron chi connectivity index (χ3n) is 6.97. The van der Waals surface area contributed by atoms with Gasteiger partial charge in [-0.05, 0) is 61.4 Å². The molecule has 214 valence electrons. The molecule has 0 aliphatic carbocycles. The van der Waals surface area contributed by atoms with Crippen molar-refractivity contribution in [2.75, 3.05) is 37.5 Å². The van der Waals surface area contributed by atoms with Crippen molar-refractivity contribution in [2.24, 2.45) is 0 Å². The summed E-state index contributed by atoms with van der Waals surface area (Å²) in [6.45, 7) is 5.93. The Labute approximate surface area is 230 Å². The fraction of sp³-hybridized carbons (Fsp3) is 0.357. The predicted molar refractivity (Wildman–Crippen MR) is 144 cm³/mol. The molecule has 2 heterocycles. The molecule has 1 unspecified atom stereocenters. The highest BCUT2D eigenvalue weighted by atomic mass is 32.2. The Hall–Kier alpha value is -3.48. The zero-order valence-corrected chi connectivity index (χ0v) is 23.1. The number of aromatic nitrogens is 1. The molecule has 1 aromatic heterocycles. The first kappa shape index (κ1) is 29.5. The number of sulfone groups is 1. The summed E-state index contributed by atoms with van der Waals surface area (Å²) in [5, 5.41) is 0. The number of ether oxygens (including phenoxy) is 1. The lowest BCUT2D eigenvalue weighted by Crippen LogP contribution is -2.39. The number of aromatic amines is 1. The van der Waals surface area contributed by atoms with Gasteiger partial charge in [-0.3, -0.25) is 14.5 Å². The standard InChI is InChI=1S/C28H30F3N3O5S/c1-18-24(19(2)33-11-13-39-14-12-33)16-25(26(35)32-18)27(36)34(22-6-4-5-21(15-22)28(29,30)31)17-20-7-9-23(10-8-20)40(3,37)38/h4-10,15-16,19H,11-14,17H2,1-3H3,(H,32,35). The van der Waals surface area contributed by atoms with Gasteiger partial charge in [-0.2, -0.15) is 13.2 Å². The number of morpholine rings is 1. The highest BCUT2D eigenvalue weighted by Gasteiger charge is 2.32. The van der Waals surface area contributed by atoms with Crippen LogP contribution in [0.25, 0.3) is 0 Å². The second-order valence-electron chi connectivity index (χ2n) is 9.77. The minimum atomic E-state index is -4.65. The van der Waals surface area contributed by atoms with Crippen LogP contribution in [0.2, 0.25) is 0 Å². The van der Waals surface area contributed by atoms with Gasteiger partial charge in [0.25, 0.3) is 11.5 Å². The highest BCUT2D eigenvalue weighted by molar-refractivity contribution is 7.90. The number of halogens is 3. The average molecular weight is 578 g/mol. The first-order valence-electron chi connectivity index (χ1n) is 12.6. The molecular weight excluding hydrogens is 547 g/mol. The zero-order valence-electron chi connectivity index (χ0n) is 22.3. The normalized spacial score (nSPS) is 15.6. The van der Waals surface area contributed by atoms with Crippen molar-refractivity contribution < 1.29 is 31.1 Å². The number of amides is 1. The number of H-pyrrole nitrogens is 1. The Morgan fingerprint density at radius 2 is 1.75 bits per heavy atom. The highest BCUT2D eigenvalue weighted by Crippen LogP contribution is 2.33. The fourth-order valence-corrected chi connectivity index (χ4v) is 5.32. The summed E-state index contributed by atoms with van der Waals surface area (Å²) in [5.41, 5.74) is -0.127. The quantitative estimate of drug-likeness (QED) is 0.449. The predicted octanol–water partition coefficient (Wildman–Crippen LogP) is 4.35. The third kappa shape index (κ3) is 6.62. The summed E-state index contributed by atoms with van der Waals surface area (Å²) in [5.74, 6) is -0.789. The average Bonchev–Trinajstić information content (AvgIpc) is 2.91. The number of alkyl halides is 3. The van der Waals surface area contributed by atoms with Crippen molar-refractivity contribution in [3.8, 4) is 0 Å². The molecule has 1 fully saturated rings. The first-order valence-corrected chi connectivity index (χ1v) is 14.5. The van der Waals surface area contributed by atoms with Gasteiger partial charge in [0.05, 0.1) is 30.2 Å². The van der Waals surface area contributed by atoms with Crippen LogP contribution < -0.4 is 10.5 Å². The van der Waals surface area contributed by atoms with E-state index in [0.717, 1.165) is 23.3 Å². The third-order valence-corrected chi connectivity index (χ3v) is 8.10. The fourth-order valence-electron chi connectivity index (χ4n) is 4.69. The first-order chi connectivity index (χ1) is 18.8. The lowest BCUT2D eigenvalue weighted by Gasteiger charge is -2.33. The van der Waals surface area contributed by atoms with Gasteiger partial charge >= 0.3 is 6.18 Å². The molecule has 1 aliphatic heterocycles. The van der Waals surface area contributed by atoms with E-state index in [9.17, 15) is 31.2 Å². The van der Waals surface area contributed by atoms with Gasteiger partial charge in [0, 0.05) is 36.8 Å². The summed E-state index contributed by atoms with van der Waals surface area (Å²) >= 11 is 0. The summed E-state index contributed by atoms with van der Waals surface area (Å²) in [6.07, 6.45) is -3.59. The number of pyridine rings is 1. The van der Waals surface area contributed by atoms with E-state index in [1.165, 1.54) is 42.5 Å². The van der Waals surface area contributed by atoms with Crippen molar-refractivity contribution >= 4 is 21.4 Å². The topological polar surface area (TPSA) is 99.8 Å². The van der Waals surface area contributed by atoms with Crippen molar-refractivity contribution in [1.29, 1.82) is 0 Å². The molecule has 0 spiro atoms. The number of carbonyl (C=O) groups is 1. The summed E-state index contributed by atoms with van der Waals surface area (Å²) in [6, 6.07) is 11.3. The molecule has 40 heavy (non-hydrogen) atoms. The van der Waals surface area contributed by atoms with Gasteiger partial charge in [0.2, 0.25) is 0 Å². The van der Waals surface area contributed by atoms with Crippen LogP contribution in [0.5, 0.6) is 0 Å². The Morgan fingerprint density at radius 3 is 2.35 bits per heavy atom. The molecule has 3 aromatic rings. The van der Waals surface area contributed by atoms with Crippen molar-refractivity contribution in [1.82, 2.24) is 9.88 Å². The second-order valence-corrected chi connectivity index (χ2v) is 11.8. The molecular formula is C28H30F3N3O5S. The summed E-state index contributed by atoms with van der Waals surface area (Å²) in [4.78, 5) is 33.0. The van der Waals surface area contributed by atoms with Crippen LogP contribution in [-0.2, 0) is 27.3 Å². The molecule has 1 N–H and O–H groups in total.